The number of halogens is 1. The first-order valence-electron chi connectivity index (χ1n) is 12.5. The van der Waals surface area contributed by atoms with Gasteiger partial charge in [0.15, 0.2) is 0 Å². The molecule has 0 bridgehead atoms. The molecule has 1 fully saturated rings. The normalized spacial score (nSPS) is 18.6. The van der Waals surface area contributed by atoms with Gasteiger partial charge in [-0.15, -0.1) is 0 Å². The summed E-state index contributed by atoms with van der Waals surface area (Å²) in [5.41, 5.74) is 1.19. The van der Waals surface area contributed by atoms with Crippen LogP contribution in [0.5, 0.6) is 0 Å². The summed E-state index contributed by atoms with van der Waals surface area (Å²) in [4.78, 5) is 26.5. The van der Waals surface area contributed by atoms with Crippen molar-refractivity contribution in [3.63, 3.8) is 0 Å². The molecule has 9 nitrogen and oxygen atoms in total. The number of benzene rings is 2. The molecule has 11 heteroatoms. The van der Waals surface area contributed by atoms with Crippen molar-refractivity contribution >= 4 is 33.2 Å². The molecule has 2 aliphatic heterocycles. The molecule has 1 N–H and O–H groups in total. The van der Waals surface area contributed by atoms with E-state index in [4.69, 9.17) is 4.52 Å². The molecule has 2 amide bonds. The fourth-order valence-electron chi connectivity index (χ4n) is 5.96. The van der Waals surface area contributed by atoms with Crippen LogP contribution in [0.1, 0.15) is 49.7 Å². The third-order valence-electron chi connectivity index (χ3n) is 7.61. The monoisotopic (exact) mass is 540 g/mol. The summed E-state index contributed by atoms with van der Waals surface area (Å²) in [6.07, 6.45) is 2.48. The number of sulfonamides is 1. The van der Waals surface area contributed by atoms with Crippen molar-refractivity contribution in [2.75, 3.05) is 22.7 Å². The van der Waals surface area contributed by atoms with Gasteiger partial charge in [0.25, 0.3) is 15.9 Å². The summed E-state index contributed by atoms with van der Waals surface area (Å²) < 4.78 is 48.3. The van der Waals surface area contributed by atoms with Crippen molar-refractivity contribution in [3.8, 4) is 0 Å². The molecule has 0 saturated carbocycles. The molecule has 3 aromatic rings. The standard InChI is InChI=1S/C27H29FN4O5S/c1-17(2)25-27(11-14-31(15-12-27)18(3)33)22-16-20(30-26(34)24-10-13-29-37-24)6-9-23(22)32(25)38(35,36)21-7-4-19(28)5-8-21/h4-10,13,16-17,25H,11-12,14-15H2,1-3H3,(H,30,34). The Kier molecular flexibility index (Phi) is 6.50. The van der Waals surface area contributed by atoms with Crippen LogP contribution >= 0.6 is 0 Å². The summed E-state index contributed by atoms with van der Waals surface area (Å²) >= 11 is 0. The number of likely N-dealkylation sites (tertiary alicyclic amines) is 1. The Morgan fingerprint density at radius 2 is 1.79 bits per heavy atom. The highest BCUT2D eigenvalue weighted by molar-refractivity contribution is 7.92. The van der Waals surface area contributed by atoms with Crippen LogP contribution in [0.4, 0.5) is 15.8 Å². The zero-order valence-electron chi connectivity index (χ0n) is 21.3. The Hall–Kier alpha value is -3.73. The molecular formula is C27H29FN4O5S. The number of carbonyl (C=O) groups excluding carboxylic acids is 2. The van der Waals surface area contributed by atoms with E-state index in [0.717, 1.165) is 17.7 Å². The summed E-state index contributed by atoms with van der Waals surface area (Å²) in [6, 6.07) is 11.0. The average molecular weight is 541 g/mol. The predicted molar refractivity (Wildman–Crippen MR) is 139 cm³/mol. The van der Waals surface area contributed by atoms with Crippen molar-refractivity contribution in [1.82, 2.24) is 10.1 Å². The van der Waals surface area contributed by atoms with Crippen LogP contribution in [0.25, 0.3) is 0 Å². The molecule has 1 saturated heterocycles. The molecule has 2 aliphatic rings. The van der Waals surface area contributed by atoms with Crippen molar-refractivity contribution in [2.24, 2.45) is 5.92 Å². The zero-order valence-corrected chi connectivity index (χ0v) is 22.2. The third-order valence-corrected chi connectivity index (χ3v) is 9.42. The number of anilines is 2. The fraction of sp³-hybridized carbons (Fsp3) is 0.370. The Labute approximate surface area is 220 Å². The second-order valence-corrected chi connectivity index (χ2v) is 12.0. The Morgan fingerprint density at radius 1 is 1.11 bits per heavy atom. The first-order valence-corrected chi connectivity index (χ1v) is 13.9. The van der Waals surface area contributed by atoms with E-state index in [1.807, 2.05) is 19.9 Å². The largest absolute Gasteiger partial charge is 0.351 e. The highest BCUT2D eigenvalue weighted by Gasteiger charge is 2.56. The first kappa shape index (κ1) is 25.9. The number of hydrogen-bond donors (Lipinski definition) is 1. The van der Waals surface area contributed by atoms with Gasteiger partial charge in [-0.25, -0.2) is 12.8 Å². The minimum atomic E-state index is -4.06. The molecule has 1 spiro atoms. The minimum absolute atomic E-state index is 0.00331. The Balaban J connectivity index is 1.64. The fourth-order valence-corrected chi connectivity index (χ4v) is 7.83. The van der Waals surface area contributed by atoms with E-state index >= 15 is 0 Å². The second-order valence-electron chi connectivity index (χ2n) is 10.2. The van der Waals surface area contributed by atoms with E-state index in [2.05, 4.69) is 10.5 Å². The average Bonchev–Trinajstić information content (AvgIpc) is 3.51. The highest BCUT2D eigenvalue weighted by atomic mass is 32.2. The maximum absolute atomic E-state index is 14.1. The zero-order chi connectivity index (χ0) is 27.2. The number of nitrogens with one attached hydrogen (secondary N) is 1. The van der Waals surface area contributed by atoms with E-state index in [9.17, 15) is 22.4 Å². The van der Waals surface area contributed by atoms with E-state index in [1.165, 1.54) is 35.6 Å². The molecule has 1 aromatic heterocycles. The van der Waals surface area contributed by atoms with Crippen molar-refractivity contribution in [3.05, 3.63) is 71.9 Å². The molecule has 38 heavy (non-hydrogen) atoms. The number of fused-ring (bicyclic) bond motifs is 2. The smallest absolute Gasteiger partial charge is 0.294 e. The third kappa shape index (κ3) is 4.24. The molecular weight excluding hydrogens is 511 g/mol. The number of nitrogens with zero attached hydrogens (tertiary/aromatic N) is 3. The van der Waals surface area contributed by atoms with Gasteiger partial charge in [-0.2, -0.15) is 0 Å². The van der Waals surface area contributed by atoms with Gasteiger partial charge in [-0.1, -0.05) is 19.0 Å². The predicted octanol–water partition coefficient (Wildman–Crippen LogP) is 4.18. The van der Waals surface area contributed by atoms with Crippen LogP contribution in [-0.4, -0.2) is 49.4 Å². The number of amides is 2. The van der Waals surface area contributed by atoms with Gasteiger partial charge in [0, 0.05) is 37.2 Å². The lowest BCUT2D eigenvalue weighted by Crippen LogP contribution is -2.55. The van der Waals surface area contributed by atoms with E-state index in [1.54, 1.807) is 17.0 Å². The minimum Gasteiger partial charge on any atom is -0.351 e. The van der Waals surface area contributed by atoms with Crippen molar-refractivity contribution in [2.45, 2.75) is 50.0 Å². The van der Waals surface area contributed by atoms with E-state index in [0.29, 0.717) is 37.3 Å². The van der Waals surface area contributed by atoms with Gasteiger partial charge in [0.1, 0.15) is 5.82 Å². The molecule has 3 heterocycles. The van der Waals surface area contributed by atoms with Crippen molar-refractivity contribution in [1.29, 1.82) is 0 Å². The molecule has 0 aliphatic carbocycles. The molecule has 1 unspecified atom stereocenters. The van der Waals surface area contributed by atoms with Gasteiger partial charge < -0.3 is 14.7 Å². The van der Waals surface area contributed by atoms with Crippen molar-refractivity contribution < 1.29 is 26.9 Å². The van der Waals surface area contributed by atoms with Gasteiger partial charge in [-0.05, 0) is 66.8 Å². The Morgan fingerprint density at radius 3 is 2.37 bits per heavy atom. The Bertz CT molecular complexity index is 1460. The van der Waals surface area contributed by atoms with Gasteiger partial charge in [-0.3, -0.25) is 13.9 Å². The molecule has 0 radical (unpaired) electrons. The summed E-state index contributed by atoms with van der Waals surface area (Å²) in [5.74, 6) is -1.06. The number of piperidine rings is 1. The molecule has 5 rings (SSSR count). The summed E-state index contributed by atoms with van der Waals surface area (Å²) in [7, 11) is -4.06. The lowest BCUT2D eigenvalue weighted by atomic mass is 9.66. The van der Waals surface area contributed by atoms with Crippen LogP contribution in [0.3, 0.4) is 0 Å². The maximum atomic E-state index is 14.1. The van der Waals surface area contributed by atoms with E-state index in [-0.39, 0.29) is 22.5 Å². The summed E-state index contributed by atoms with van der Waals surface area (Å²) in [5, 5.41) is 6.38. The summed E-state index contributed by atoms with van der Waals surface area (Å²) in [6.45, 7) is 6.46. The number of aromatic nitrogens is 1. The molecule has 1 atom stereocenters. The van der Waals surface area contributed by atoms with E-state index < -0.39 is 33.2 Å². The first-order chi connectivity index (χ1) is 18.0. The lowest BCUT2D eigenvalue weighted by molar-refractivity contribution is -0.130. The second kappa shape index (κ2) is 9.54. The van der Waals surface area contributed by atoms with Crippen LogP contribution in [0.15, 0.2) is 64.1 Å². The highest BCUT2D eigenvalue weighted by Crippen LogP contribution is 2.55. The number of hydrogen-bond acceptors (Lipinski definition) is 6. The van der Waals surface area contributed by atoms with Crippen LogP contribution < -0.4 is 9.62 Å². The molecule has 2 aromatic carbocycles. The van der Waals surface area contributed by atoms with Crippen LogP contribution in [-0.2, 0) is 20.2 Å². The van der Waals surface area contributed by atoms with Gasteiger partial charge in [0.05, 0.1) is 22.8 Å². The van der Waals surface area contributed by atoms with Gasteiger partial charge >= 0.3 is 0 Å². The van der Waals surface area contributed by atoms with Gasteiger partial charge in [0.2, 0.25) is 11.7 Å². The number of carbonyl (C=O) groups is 2. The van der Waals surface area contributed by atoms with Crippen LogP contribution in [0, 0.1) is 11.7 Å². The quantitative estimate of drug-likeness (QED) is 0.520. The SMILES string of the molecule is CC(=O)N1CCC2(CC1)c1cc(NC(=O)c3ccno3)ccc1N(S(=O)(=O)c1ccc(F)cc1)C2C(C)C. The topological polar surface area (TPSA) is 113 Å². The molecule has 200 valence electrons. The maximum Gasteiger partial charge on any atom is 0.294 e. The lowest BCUT2D eigenvalue weighted by Gasteiger charge is -2.46. The number of rotatable bonds is 5. The van der Waals surface area contributed by atoms with Crippen LogP contribution in [0.2, 0.25) is 0 Å².